The van der Waals surface area contributed by atoms with E-state index in [0.717, 1.165) is 11.1 Å². The maximum Gasteiger partial charge on any atom is -0.0178 e. The monoisotopic (exact) mass is 180 g/mol. The van der Waals surface area contributed by atoms with Crippen LogP contribution in [-0.2, 0) is 0 Å². The summed E-state index contributed by atoms with van der Waals surface area (Å²) in [6, 6.07) is 14.6. The minimum Gasteiger partial charge on any atom is -0.0985 e. The molecule has 2 aromatic carbocycles. The molecule has 0 amide bonds. The Morgan fingerprint density at radius 3 is 2.43 bits per heavy atom. The third kappa shape index (κ3) is 1.47. The fourth-order valence-electron chi connectivity index (χ4n) is 1.51. The Hall–Kier alpha value is -1.82. The predicted molar refractivity (Wildman–Crippen MR) is 63.2 cm³/mol. The van der Waals surface area contributed by atoms with Crippen LogP contribution in [0.25, 0.3) is 16.3 Å². The lowest BCUT2D eigenvalue weighted by Crippen LogP contribution is -1.79. The van der Waals surface area contributed by atoms with Gasteiger partial charge in [-0.2, -0.15) is 0 Å². The molecule has 0 aliphatic carbocycles. The van der Waals surface area contributed by atoms with E-state index in [1.165, 1.54) is 10.8 Å². The van der Waals surface area contributed by atoms with Crippen molar-refractivity contribution >= 4 is 16.3 Å². The Labute approximate surface area is 84.2 Å². The summed E-state index contributed by atoms with van der Waals surface area (Å²) in [5.74, 6) is 0. The summed E-state index contributed by atoms with van der Waals surface area (Å²) in [5, 5.41) is 2.50. The van der Waals surface area contributed by atoms with Gasteiger partial charge in [0.25, 0.3) is 0 Å². The molecule has 2 aromatic rings. The number of benzene rings is 2. The van der Waals surface area contributed by atoms with Gasteiger partial charge in [0, 0.05) is 0 Å². The second-order valence-electron chi connectivity index (χ2n) is 3.29. The van der Waals surface area contributed by atoms with Crippen LogP contribution in [0.2, 0.25) is 0 Å². The fourth-order valence-corrected chi connectivity index (χ4v) is 1.51. The minimum atomic E-state index is 0.968. The molecule has 68 valence electrons. The highest BCUT2D eigenvalue weighted by molar-refractivity contribution is 5.87. The van der Waals surface area contributed by atoms with Crippen molar-refractivity contribution in [3.8, 4) is 0 Å². The molecule has 0 nitrogen and oxygen atoms in total. The third-order valence-corrected chi connectivity index (χ3v) is 2.37. The summed E-state index contributed by atoms with van der Waals surface area (Å²) in [7, 11) is 0. The van der Waals surface area contributed by atoms with Gasteiger partial charge in [0.2, 0.25) is 0 Å². The van der Waals surface area contributed by atoms with E-state index in [1.54, 1.807) is 6.08 Å². The summed E-state index contributed by atoms with van der Waals surface area (Å²) in [4.78, 5) is 0. The van der Waals surface area contributed by atoms with Crippen molar-refractivity contribution in [3.05, 3.63) is 67.3 Å². The van der Waals surface area contributed by atoms with Gasteiger partial charge in [-0.05, 0) is 28.0 Å². The van der Waals surface area contributed by atoms with Gasteiger partial charge in [-0.3, -0.25) is 0 Å². The molecule has 0 fully saturated rings. The molecule has 0 radical (unpaired) electrons. The van der Waals surface area contributed by atoms with Gasteiger partial charge in [0.1, 0.15) is 0 Å². The van der Waals surface area contributed by atoms with Crippen molar-refractivity contribution in [1.82, 2.24) is 0 Å². The van der Waals surface area contributed by atoms with Crippen LogP contribution in [0, 0.1) is 0 Å². The van der Waals surface area contributed by atoms with Crippen molar-refractivity contribution in [2.75, 3.05) is 0 Å². The topological polar surface area (TPSA) is 0 Å². The van der Waals surface area contributed by atoms with Gasteiger partial charge in [0.05, 0.1) is 0 Å². The lowest BCUT2D eigenvalue weighted by Gasteiger charge is -2.02. The van der Waals surface area contributed by atoms with Crippen LogP contribution in [0.15, 0.2) is 61.7 Å². The summed E-state index contributed by atoms with van der Waals surface area (Å²) < 4.78 is 0. The van der Waals surface area contributed by atoms with Crippen LogP contribution < -0.4 is 0 Å². The molecule has 0 N–H and O–H groups in total. The molecule has 0 aliphatic rings. The number of hydrogen-bond donors (Lipinski definition) is 0. The van der Waals surface area contributed by atoms with E-state index in [2.05, 4.69) is 43.5 Å². The van der Waals surface area contributed by atoms with E-state index in [0.29, 0.717) is 0 Å². The second-order valence-corrected chi connectivity index (χ2v) is 3.29. The molecule has 14 heavy (non-hydrogen) atoms. The molecule has 0 aliphatic heterocycles. The molecule has 0 saturated carbocycles. The Morgan fingerprint density at radius 2 is 1.71 bits per heavy atom. The minimum absolute atomic E-state index is 0.968. The van der Waals surface area contributed by atoms with Crippen LogP contribution >= 0.6 is 0 Å². The number of allylic oxidation sites excluding steroid dienone is 2. The normalized spacial score (nSPS) is 10.0. The Balaban J connectivity index is 2.62. The third-order valence-electron chi connectivity index (χ3n) is 2.37. The van der Waals surface area contributed by atoms with Gasteiger partial charge in [-0.25, -0.2) is 0 Å². The highest BCUT2D eigenvalue weighted by Crippen LogP contribution is 2.20. The smallest absolute Gasteiger partial charge is 0.0178 e. The first-order valence-electron chi connectivity index (χ1n) is 4.62. The maximum atomic E-state index is 3.93. The number of rotatable bonds is 2. The van der Waals surface area contributed by atoms with Gasteiger partial charge in [-0.1, -0.05) is 55.6 Å². The van der Waals surface area contributed by atoms with Crippen LogP contribution in [0.4, 0.5) is 0 Å². The van der Waals surface area contributed by atoms with E-state index in [4.69, 9.17) is 0 Å². The zero-order valence-electron chi connectivity index (χ0n) is 8.03. The first-order valence-corrected chi connectivity index (χ1v) is 4.62. The van der Waals surface area contributed by atoms with Gasteiger partial charge < -0.3 is 0 Å². The van der Waals surface area contributed by atoms with Gasteiger partial charge in [0.15, 0.2) is 0 Å². The quantitative estimate of drug-likeness (QED) is 0.612. The van der Waals surface area contributed by atoms with Crippen molar-refractivity contribution in [2.24, 2.45) is 0 Å². The fraction of sp³-hybridized carbons (Fsp3) is 0. The summed E-state index contributed by atoms with van der Waals surface area (Å²) in [6.45, 7) is 7.65. The molecule has 0 heteroatoms. The van der Waals surface area contributed by atoms with Crippen LogP contribution in [-0.4, -0.2) is 0 Å². The van der Waals surface area contributed by atoms with Crippen molar-refractivity contribution < 1.29 is 0 Å². The highest BCUT2D eigenvalue weighted by atomic mass is 14.0. The second kappa shape index (κ2) is 3.51. The molecule has 0 unspecified atom stereocenters. The molecule has 0 heterocycles. The van der Waals surface area contributed by atoms with Crippen molar-refractivity contribution in [2.45, 2.75) is 0 Å². The maximum absolute atomic E-state index is 3.93. The molecular formula is C14H12. The summed E-state index contributed by atoms with van der Waals surface area (Å²) in [5.41, 5.74) is 2.11. The van der Waals surface area contributed by atoms with Crippen molar-refractivity contribution in [3.63, 3.8) is 0 Å². The van der Waals surface area contributed by atoms with E-state index in [-0.39, 0.29) is 0 Å². The molecular weight excluding hydrogens is 168 g/mol. The average molecular weight is 180 g/mol. The first kappa shape index (κ1) is 8.76. The van der Waals surface area contributed by atoms with Gasteiger partial charge in [-0.15, -0.1) is 0 Å². The molecule has 0 spiro atoms. The standard InChI is InChI=1S/C14H12/c1-3-11(2)13-9-8-12-6-4-5-7-14(12)10-13/h3-10H,1-2H2. The predicted octanol–water partition coefficient (Wildman–Crippen LogP) is 4.04. The molecule has 2 rings (SSSR count). The Morgan fingerprint density at radius 1 is 1.00 bits per heavy atom. The van der Waals surface area contributed by atoms with Crippen LogP contribution in [0.5, 0.6) is 0 Å². The molecule has 0 bridgehead atoms. The lowest BCUT2D eigenvalue weighted by molar-refractivity contribution is 1.68. The zero-order valence-corrected chi connectivity index (χ0v) is 8.03. The molecule has 0 atom stereocenters. The van der Waals surface area contributed by atoms with E-state index < -0.39 is 0 Å². The summed E-state index contributed by atoms with van der Waals surface area (Å²) in [6.07, 6.45) is 1.78. The lowest BCUT2D eigenvalue weighted by atomic mass is 10.0. The van der Waals surface area contributed by atoms with Crippen LogP contribution in [0.1, 0.15) is 5.56 Å². The van der Waals surface area contributed by atoms with E-state index >= 15 is 0 Å². The van der Waals surface area contributed by atoms with E-state index in [1.807, 2.05) is 12.1 Å². The van der Waals surface area contributed by atoms with E-state index in [9.17, 15) is 0 Å². The summed E-state index contributed by atoms with van der Waals surface area (Å²) >= 11 is 0. The Bertz CT molecular complexity index is 492. The molecule has 0 saturated heterocycles. The highest BCUT2D eigenvalue weighted by Gasteiger charge is 1.96. The number of fused-ring (bicyclic) bond motifs is 1. The SMILES string of the molecule is C=CC(=C)c1ccc2ccccc2c1. The van der Waals surface area contributed by atoms with Crippen LogP contribution in [0.3, 0.4) is 0 Å². The Kier molecular flexibility index (Phi) is 2.19. The first-order chi connectivity index (χ1) is 6.81. The number of hydrogen-bond acceptors (Lipinski definition) is 0. The van der Waals surface area contributed by atoms with Crippen molar-refractivity contribution in [1.29, 1.82) is 0 Å². The average Bonchev–Trinajstić information content (AvgIpc) is 2.27. The molecule has 0 aromatic heterocycles. The zero-order chi connectivity index (χ0) is 9.97. The largest absolute Gasteiger partial charge is 0.0985 e. The van der Waals surface area contributed by atoms with Gasteiger partial charge >= 0.3 is 0 Å².